The zero-order chi connectivity index (χ0) is 13.1. The van der Waals surface area contributed by atoms with Gasteiger partial charge in [0.1, 0.15) is 11.7 Å². The monoisotopic (exact) mass is 265 g/mol. The molecule has 0 aliphatic carbocycles. The number of halogens is 1. The maximum absolute atomic E-state index is 11.5. The lowest BCUT2D eigenvalue weighted by Crippen LogP contribution is -2.20. The Labute approximate surface area is 109 Å². The average Bonchev–Trinajstić information content (AvgIpc) is 2.82. The van der Waals surface area contributed by atoms with Crippen molar-refractivity contribution in [2.45, 2.75) is 19.2 Å². The van der Waals surface area contributed by atoms with Crippen LogP contribution in [0.15, 0.2) is 24.5 Å². The zero-order valence-electron chi connectivity index (χ0n) is 9.96. The van der Waals surface area contributed by atoms with E-state index in [-0.39, 0.29) is 5.91 Å². The number of carbonyl (C=O) groups excluding carboxylic acids is 1. The Balaban J connectivity index is 2.23. The Bertz CT molecular complexity index is 553. The maximum atomic E-state index is 11.5. The van der Waals surface area contributed by atoms with Crippen LogP contribution in [0.5, 0.6) is 0 Å². The first-order valence-electron chi connectivity index (χ1n) is 5.37. The summed E-state index contributed by atoms with van der Waals surface area (Å²) >= 11 is 5.69. The molecule has 1 aromatic heterocycles. The Kier molecular flexibility index (Phi) is 3.57. The Morgan fingerprint density at radius 3 is 2.83 bits per heavy atom. The van der Waals surface area contributed by atoms with Crippen LogP contribution in [0.4, 0.5) is 5.69 Å². The molecule has 2 rings (SSSR count). The largest absolute Gasteiger partial charge is 0.325 e. The van der Waals surface area contributed by atoms with Gasteiger partial charge in [-0.1, -0.05) is 0 Å². The van der Waals surface area contributed by atoms with Gasteiger partial charge in [-0.05, 0) is 48.0 Å². The SMILES string of the molecule is Cc1cc(NC(=O)C(C)Cl)ccc1-n1cnnn1. The minimum Gasteiger partial charge on any atom is -0.325 e. The number of carbonyl (C=O) groups is 1. The van der Waals surface area contributed by atoms with Crippen molar-refractivity contribution in [1.29, 1.82) is 0 Å². The number of tetrazole rings is 1. The molecule has 1 atom stereocenters. The number of hydrogen-bond donors (Lipinski definition) is 1. The van der Waals surface area contributed by atoms with E-state index in [2.05, 4.69) is 20.8 Å². The normalized spacial score (nSPS) is 12.2. The van der Waals surface area contributed by atoms with Crippen molar-refractivity contribution < 1.29 is 4.79 Å². The van der Waals surface area contributed by atoms with Crippen molar-refractivity contribution >= 4 is 23.2 Å². The van der Waals surface area contributed by atoms with Crippen LogP contribution in [0.2, 0.25) is 0 Å². The highest BCUT2D eigenvalue weighted by molar-refractivity contribution is 6.32. The first kappa shape index (κ1) is 12.5. The molecule has 1 unspecified atom stereocenters. The quantitative estimate of drug-likeness (QED) is 0.855. The van der Waals surface area contributed by atoms with Gasteiger partial charge < -0.3 is 5.32 Å². The summed E-state index contributed by atoms with van der Waals surface area (Å²) in [5.74, 6) is -0.230. The van der Waals surface area contributed by atoms with Crippen molar-refractivity contribution in [1.82, 2.24) is 20.2 Å². The topological polar surface area (TPSA) is 72.7 Å². The van der Waals surface area contributed by atoms with Gasteiger partial charge in [-0.15, -0.1) is 16.7 Å². The number of nitrogens with one attached hydrogen (secondary N) is 1. The van der Waals surface area contributed by atoms with Gasteiger partial charge >= 0.3 is 0 Å². The molecule has 7 heteroatoms. The number of benzene rings is 1. The molecular weight excluding hydrogens is 254 g/mol. The van der Waals surface area contributed by atoms with Crippen LogP contribution >= 0.6 is 11.6 Å². The predicted octanol–water partition coefficient (Wildman–Crippen LogP) is 1.54. The number of nitrogens with zero attached hydrogens (tertiary/aromatic N) is 4. The number of aromatic nitrogens is 4. The minimum atomic E-state index is -0.565. The summed E-state index contributed by atoms with van der Waals surface area (Å²) in [7, 11) is 0. The van der Waals surface area contributed by atoms with Gasteiger partial charge in [-0.2, -0.15) is 0 Å². The van der Waals surface area contributed by atoms with Crippen LogP contribution in [0.3, 0.4) is 0 Å². The second-order valence-corrected chi connectivity index (χ2v) is 4.52. The smallest absolute Gasteiger partial charge is 0.242 e. The molecule has 0 saturated carbocycles. The van der Waals surface area contributed by atoms with Crippen LogP contribution in [0.1, 0.15) is 12.5 Å². The molecule has 1 N–H and O–H groups in total. The van der Waals surface area contributed by atoms with E-state index in [0.29, 0.717) is 5.69 Å². The lowest BCUT2D eigenvalue weighted by molar-refractivity contribution is -0.115. The molecule has 0 saturated heterocycles. The van der Waals surface area contributed by atoms with Crippen LogP contribution in [-0.4, -0.2) is 31.5 Å². The van der Waals surface area contributed by atoms with Crippen LogP contribution in [0, 0.1) is 6.92 Å². The fourth-order valence-corrected chi connectivity index (χ4v) is 1.56. The molecule has 0 aliphatic heterocycles. The van der Waals surface area contributed by atoms with E-state index in [0.717, 1.165) is 11.3 Å². The lowest BCUT2D eigenvalue weighted by atomic mass is 10.1. The average molecular weight is 266 g/mol. The van der Waals surface area contributed by atoms with Crippen molar-refractivity contribution in [2.75, 3.05) is 5.32 Å². The zero-order valence-corrected chi connectivity index (χ0v) is 10.7. The molecular formula is C11H12ClN5O. The molecule has 1 aromatic carbocycles. The number of amides is 1. The molecule has 18 heavy (non-hydrogen) atoms. The standard InChI is InChI=1S/C11H12ClN5O/c1-7-5-9(14-11(18)8(2)12)3-4-10(7)17-6-13-15-16-17/h3-6,8H,1-2H3,(H,14,18). The number of alkyl halides is 1. The number of anilines is 1. The predicted molar refractivity (Wildman–Crippen MR) is 67.8 cm³/mol. The van der Waals surface area contributed by atoms with Crippen LogP contribution in [-0.2, 0) is 4.79 Å². The highest BCUT2D eigenvalue weighted by Crippen LogP contribution is 2.18. The van der Waals surface area contributed by atoms with E-state index in [1.54, 1.807) is 17.7 Å². The molecule has 6 nitrogen and oxygen atoms in total. The van der Waals surface area contributed by atoms with Gasteiger partial charge in [0.15, 0.2) is 0 Å². The number of hydrogen-bond acceptors (Lipinski definition) is 4. The van der Waals surface area contributed by atoms with E-state index in [4.69, 9.17) is 11.6 Å². The molecule has 1 heterocycles. The summed E-state index contributed by atoms with van der Waals surface area (Å²) in [5, 5.41) is 13.1. The molecule has 0 bridgehead atoms. The summed E-state index contributed by atoms with van der Waals surface area (Å²) in [5.41, 5.74) is 2.50. The summed E-state index contributed by atoms with van der Waals surface area (Å²) in [6, 6.07) is 5.45. The first-order chi connectivity index (χ1) is 8.58. The van der Waals surface area contributed by atoms with Gasteiger partial charge in [-0.3, -0.25) is 4.79 Å². The molecule has 0 spiro atoms. The summed E-state index contributed by atoms with van der Waals surface area (Å²) in [6.45, 7) is 3.54. The van der Waals surface area contributed by atoms with Crippen LogP contribution in [0.25, 0.3) is 5.69 Å². The molecule has 1 amide bonds. The summed E-state index contributed by atoms with van der Waals surface area (Å²) < 4.78 is 1.56. The molecule has 0 aliphatic rings. The minimum absolute atomic E-state index is 0.230. The number of rotatable bonds is 3. The Morgan fingerprint density at radius 2 is 2.28 bits per heavy atom. The molecule has 2 aromatic rings. The second-order valence-electron chi connectivity index (χ2n) is 3.86. The van der Waals surface area contributed by atoms with Crippen molar-refractivity contribution in [3.05, 3.63) is 30.1 Å². The van der Waals surface area contributed by atoms with E-state index >= 15 is 0 Å². The highest BCUT2D eigenvalue weighted by Gasteiger charge is 2.10. The number of aryl methyl sites for hydroxylation is 1. The van der Waals surface area contributed by atoms with Crippen molar-refractivity contribution in [2.24, 2.45) is 0 Å². The maximum Gasteiger partial charge on any atom is 0.242 e. The lowest BCUT2D eigenvalue weighted by Gasteiger charge is -2.09. The first-order valence-corrected chi connectivity index (χ1v) is 5.80. The van der Waals surface area contributed by atoms with Gasteiger partial charge in [0.2, 0.25) is 5.91 Å². The fourth-order valence-electron chi connectivity index (χ4n) is 1.50. The van der Waals surface area contributed by atoms with Gasteiger partial charge in [0.25, 0.3) is 0 Å². The molecule has 0 fully saturated rings. The van der Waals surface area contributed by atoms with Crippen molar-refractivity contribution in [3.8, 4) is 5.69 Å². The van der Waals surface area contributed by atoms with E-state index in [1.807, 2.05) is 19.1 Å². The van der Waals surface area contributed by atoms with Crippen molar-refractivity contribution in [3.63, 3.8) is 0 Å². The van der Waals surface area contributed by atoms with E-state index in [1.165, 1.54) is 6.33 Å². The third-order valence-electron chi connectivity index (χ3n) is 2.42. The molecule has 0 radical (unpaired) electrons. The summed E-state index contributed by atoms with van der Waals surface area (Å²) in [6.07, 6.45) is 1.52. The fraction of sp³-hybridized carbons (Fsp3) is 0.273. The van der Waals surface area contributed by atoms with Crippen LogP contribution < -0.4 is 5.32 Å². The third-order valence-corrected chi connectivity index (χ3v) is 2.62. The van der Waals surface area contributed by atoms with Gasteiger partial charge in [0.05, 0.1) is 5.69 Å². The van der Waals surface area contributed by atoms with Gasteiger partial charge in [0, 0.05) is 5.69 Å². The van der Waals surface area contributed by atoms with E-state index in [9.17, 15) is 4.79 Å². The highest BCUT2D eigenvalue weighted by atomic mass is 35.5. The van der Waals surface area contributed by atoms with E-state index < -0.39 is 5.38 Å². The Morgan fingerprint density at radius 1 is 1.50 bits per heavy atom. The second kappa shape index (κ2) is 5.14. The molecule has 94 valence electrons. The van der Waals surface area contributed by atoms with Gasteiger partial charge in [-0.25, -0.2) is 4.68 Å². The summed E-state index contributed by atoms with van der Waals surface area (Å²) in [4.78, 5) is 11.5. The third kappa shape index (κ3) is 2.65. The Hall–Kier alpha value is -1.95.